The van der Waals surface area contributed by atoms with Crippen LogP contribution in [-0.2, 0) is 0 Å². The number of anilines is 2. The summed E-state index contributed by atoms with van der Waals surface area (Å²) in [6.45, 7) is 1.81. The highest BCUT2D eigenvalue weighted by Gasteiger charge is 2.15. The largest absolute Gasteiger partial charge is 0.398 e. The average Bonchev–Trinajstić information content (AvgIpc) is 2.55. The van der Waals surface area contributed by atoms with Gasteiger partial charge in [-0.3, -0.25) is 0 Å². The molecule has 1 aromatic carbocycles. The van der Waals surface area contributed by atoms with Crippen LogP contribution in [0.15, 0.2) is 6.07 Å². The maximum atomic E-state index is 8.98. The lowest BCUT2D eigenvalue weighted by molar-refractivity contribution is 1.44. The predicted octanol–water partition coefficient (Wildman–Crippen LogP) is 2.12. The molecule has 0 aliphatic heterocycles. The Bertz CT molecular complexity index is 670. The van der Waals surface area contributed by atoms with E-state index in [2.05, 4.69) is 12.1 Å². The van der Waals surface area contributed by atoms with E-state index in [-0.39, 0.29) is 0 Å². The van der Waals surface area contributed by atoms with Gasteiger partial charge in [-0.05, 0) is 18.6 Å². The van der Waals surface area contributed by atoms with Gasteiger partial charge in [-0.15, -0.1) is 11.3 Å². The van der Waals surface area contributed by atoms with Gasteiger partial charge in [0, 0.05) is 10.1 Å². The summed E-state index contributed by atoms with van der Waals surface area (Å²) in [6, 6.07) is 5.76. The third-order valence-corrected chi connectivity index (χ3v) is 3.65. The van der Waals surface area contributed by atoms with Crippen LogP contribution in [0.4, 0.5) is 10.7 Å². The fraction of sp³-hybridized carbons (Fsp3) is 0.0909. The highest BCUT2D eigenvalue weighted by atomic mass is 32.1. The van der Waals surface area contributed by atoms with Crippen molar-refractivity contribution < 1.29 is 0 Å². The number of nitrogen functional groups attached to an aromatic ring is 2. The zero-order valence-corrected chi connectivity index (χ0v) is 9.35. The molecule has 0 saturated heterocycles. The van der Waals surface area contributed by atoms with Crippen LogP contribution in [0.2, 0.25) is 0 Å². The van der Waals surface area contributed by atoms with Crippen molar-refractivity contribution in [3.05, 3.63) is 22.8 Å². The van der Waals surface area contributed by atoms with E-state index in [4.69, 9.17) is 22.0 Å². The molecule has 2 aromatic rings. The number of rotatable bonds is 0. The van der Waals surface area contributed by atoms with Gasteiger partial charge in [-0.1, -0.05) is 0 Å². The predicted molar refractivity (Wildman–Crippen MR) is 64.8 cm³/mol. The molecule has 4 N–H and O–H groups in total. The third-order valence-electron chi connectivity index (χ3n) is 2.50. The molecule has 16 heavy (non-hydrogen) atoms. The third kappa shape index (κ3) is 1.19. The Morgan fingerprint density at radius 1 is 1.19 bits per heavy atom. The first-order valence-electron chi connectivity index (χ1n) is 4.51. The fourth-order valence-electron chi connectivity index (χ4n) is 1.70. The summed E-state index contributed by atoms with van der Waals surface area (Å²) in [6.07, 6.45) is 0. The number of nitrogens with zero attached hydrogens (tertiary/aromatic N) is 2. The molecule has 5 heteroatoms. The Balaban J connectivity index is 3.01. The maximum Gasteiger partial charge on any atom is 0.105 e. The molecule has 0 amide bonds. The normalized spacial score (nSPS) is 9.94. The van der Waals surface area contributed by atoms with Crippen molar-refractivity contribution in [2.75, 3.05) is 11.5 Å². The second-order valence-electron chi connectivity index (χ2n) is 3.41. The first kappa shape index (κ1) is 10.3. The molecular weight excluding hydrogens is 220 g/mol. The number of thiophene rings is 1. The van der Waals surface area contributed by atoms with Gasteiger partial charge in [-0.25, -0.2) is 0 Å². The highest BCUT2D eigenvalue weighted by Crippen LogP contribution is 2.38. The summed E-state index contributed by atoms with van der Waals surface area (Å²) in [7, 11) is 0. The Morgan fingerprint density at radius 3 is 2.38 bits per heavy atom. The lowest BCUT2D eigenvalue weighted by Gasteiger charge is -2.03. The molecule has 2 rings (SSSR count). The molecule has 0 unspecified atom stereocenters. The minimum Gasteiger partial charge on any atom is -0.398 e. The second-order valence-corrected chi connectivity index (χ2v) is 4.46. The van der Waals surface area contributed by atoms with E-state index < -0.39 is 0 Å². The average molecular weight is 228 g/mol. The monoisotopic (exact) mass is 228 g/mol. The summed E-state index contributed by atoms with van der Waals surface area (Å²) in [4.78, 5) is 0. The molecule has 0 aliphatic rings. The summed E-state index contributed by atoms with van der Waals surface area (Å²) in [5, 5.41) is 19.2. The van der Waals surface area contributed by atoms with Crippen molar-refractivity contribution in [2.24, 2.45) is 0 Å². The smallest absolute Gasteiger partial charge is 0.105 e. The number of aryl methyl sites for hydroxylation is 1. The Morgan fingerprint density at radius 2 is 1.81 bits per heavy atom. The first-order valence-corrected chi connectivity index (χ1v) is 5.33. The summed E-state index contributed by atoms with van der Waals surface area (Å²) in [5.74, 6) is 0. The first-order chi connectivity index (χ1) is 7.60. The van der Waals surface area contributed by atoms with E-state index in [9.17, 15) is 0 Å². The number of fused-ring (bicyclic) bond motifs is 1. The standard InChI is InChI=1S/C11H8N4S/c1-5-7(3-12)9(14)2-6-8(4-13)11(15)16-10(5)6/h2H,14-15H2,1H3. The Labute approximate surface area is 96.3 Å². The molecule has 0 bridgehead atoms. The minimum absolute atomic E-state index is 0.391. The van der Waals surface area contributed by atoms with Gasteiger partial charge in [0.05, 0.1) is 16.8 Å². The van der Waals surface area contributed by atoms with Crippen LogP contribution in [-0.4, -0.2) is 0 Å². The van der Waals surface area contributed by atoms with Gasteiger partial charge in [0.25, 0.3) is 0 Å². The van der Waals surface area contributed by atoms with Crippen LogP contribution in [0.5, 0.6) is 0 Å². The van der Waals surface area contributed by atoms with Crippen molar-refractivity contribution in [1.82, 2.24) is 0 Å². The zero-order valence-electron chi connectivity index (χ0n) is 8.53. The number of nitrogens with two attached hydrogens (primary N) is 2. The maximum absolute atomic E-state index is 8.98. The lowest BCUT2D eigenvalue weighted by atomic mass is 10.0. The van der Waals surface area contributed by atoms with E-state index in [1.165, 1.54) is 11.3 Å². The fourth-order valence-corrected chi connectivity index (χ4v) is 2.70. The molecule has 0 spiro atoms. The lowest BCUT2D eigenvalue weighted by Crippen LogP contribution is -1.93. The van der Waals surface area contributed by atoms with Crippen molar-refractivity contribution in [2.45, 2.75) is 6.92 Å². The van der Waals surface area contributed by atoms with Crippen molar-refractivity contribution in [1.29, 1.82) is 10.5 Å². The molecule has 0 saturated carbocycles. The van der Waals surface area contributed by atoms with E-state index in [1.807, 2.05) is 6.92 Å². The molecule has 78 valence electrons. The van der Waals surface area contributed by atoms with E-state index in [0.717, 1.165) is 15.6 Å². The number of nitriles is 2. The minimum atomic E-state index is 0.391. The van der Waals surface area contributed by atoms with Gasteiger partial charge in [0.2, 0.25) is 0 Å². The molecule has 0 fully saturated rings. The molecular formula is C11H8N4S. The number of hydrogen-bond acceptors (Lipinski definition) is 5. The molecule has 1 aromatic heterocycles. The zero-order chi connectivity index (χ0) is 11.9. The molecule has 0 radical (unpaired) electrons. The summed E-state index contributed by atoms with van der Waals surface area (Å²) in [5.41, 5.74) is 13.6. The summed E-state index contributed by atoms with van der Waals surface area (Å²) >= 11 is 1.32. The van der Waals surface area contributed by atoms with Crippen LogP contribution in [0.3, 0.4) is 0 Å². The van der Waals surface area contributed by atoms with E-state index >= 15 is 0 Å². The Hall–Kier alpha value is -2.24. The number of benzene rings is 1. The van der Waals surface area contributed by atoms with Gasteiger partial charge < -0.3 is 11.5 Å². The SMILES string of the molecule is Cc1c(C#N)c(N)cc2c(C#N)c(N)sc12. The van der Waals surface area contributed by atoms with Crippen molar-refractivity contribution in [3.63, 3.8) is 0 Å². The van der Waals surface area contributed by atoms with Crippen LogP contribution in [0.25, 0.3) is 10.1 Å². The molecule has 0 aliphatic carbocycles. The van der Waals surface area contributed by atoms with E-state index in [1.54, 1.807) is 6.07 Å². The molecule has 4 nitrogen and oxygen atoms in total. The van der Waals surface area contributed by atoms with E-state index in [0.29, 0.717) is 21.8 Å². The molecule has 1 heterocycles. The van der Waals surface area contributed by atoms with Crippen LogP contribution < -0.4 is 11.5 Å². The summed E-state index contributed by atoms with van der Waals surface area (Å²) < 4.78 is 0.861. The van der Waals surface area contributed by atoms with Crippen LogP contribution in [0, 0.1) is 29.6 Å². The molecule has 0 atom stereocenters. The van der Waals surface area contributed by atoms with Crippen LogP contribution >= 0.6 is 11.3 Å². The van der Waals surface area contributed by atoms with Crippen molar-refractivity contribution >= 4 is 32.1 Å². The van der Waals surface area contributed by atoms with Gasteiger partial charge in [0.1, 0.15) is 17.1 Å². The van der Waals surface area contributed by atoms with Crippen LogP contribution in [0.1, 0.15) is 16.7 Å². The van der Waals surface area contributed by atoms with Gasteiger partial charge in [0.15, 0.2) is 0 Å². The second kappa shape index (κ2) is 3.41. The number of hydrogen-bond donors (Lipinski definition) is 2. The Kier molecular flexibility index (Phi) is 2.19. The van der Waals surface area contributed by atoms with Gasteiger partial charge >= 0.3 is 0 Å². The topological polar surface area (TPSA) is 99.6 Å². The quantitative estimate of drug-likeness (QED) is 0.674. The van der Waals surface area contributed by atoms with Gasteiger partial charge in [-0.2, -0.15) is 10.5 Å². The van der Waals surface area contributed by atoms with Crippen molar-refractivity contribution in [3.8, 4) is 12.1 Å². The highest BCUT2D eigenvalue weighted by molar-refractivity contribution is 7.23.